The average molecular weight is 390 g/mol. The Morgan fingerprint density at radius 1 is 1.37 bits per heavy atom. The highest BCUT2D eigenvalue weighted by Gasteiger charge is 2.59. The number of aliphatic hydroxyl groups is 1. The molecule has 1 heterocycles. The number of benzene rings is 1. The zero-order valence-corrected chi connectivity index (χ0v) is 16.7. The Bertz CT molecular complexity index is 764. The lowest BCUT2D eigenvalue weighted by Gasteiger charge is -2.51. The summed E-state index contributed by atoms with van der Waals surface area (Å²) in [4.78, 5) is 12.6. The first-order chi connectivity index (χ1) is 12.9. The maximum atomic E-state index is 12.6. The van der Waals surface area contributed by atoms with Crippen molar-refractivity contribution in [2.45, 2.75) is 51.9 Å². The van der Waals surface area contributed by atoms with Crippen molar-refractivity contribution in [2.75, 3.05) is 6.54 Å². The number of hydrogen-bond donors (Lipinski definition) is 2. The maximum absolute atomic E-state index is 12.6. The summed E-state index contributed by atoms with van der Waals surface area (Å²) in [5.41, 5.74) is 2.02. The average Bonchev–Trinajstić information content (AvgIpc) is 2.95. The van der Waals surface area contributed by atoms with Crippen molar-refractivity contribution in [3.05, 3.63) is 46.5 Å². The summed E-state index contributed by atoms with van der Waals surface area (Å²) >= 11 is 6.21. The van der Waals surface area contributed by atoms with Crippen LogP contribution < -0.4 is 5.32 Å². The molecule has 0 spiro atoms. The Hall–Kier alpha value is -1.36. The van der Waals surface area contributed by atoms with Crippen LogP contribution in [-0.2, 0) is 16.1 Å². The van der Waals surface area contributed by atoms with E-state index in [0.717, 1.165) is 24.8 Å². The monoisotopic (exact) mass is 389 g/mol. The maximum Gasteiger partial charge on any atom is 0.311 e. The van der Waals surface area contributed by atoms with E-state index in [1.807, 2.05) is 24.3 Å². The molecule has 0 amide bonds. The first-order valence-electron chi connectivity index (χ1n) is 9.95. The molecule has 2 fully saturated rings. The molecule has 27 heavy (non-hydrogen) atoms. The first-order valence-corrected chi connectivity index (χ1v) is 10.3. The number of rotatable bonds is 4. The summed E-state index contributed by atoms with van der Waals surface area (Å²) in [6.07, 6.45) is 4.39. The molecule has 0 unspecified atom stereocenters. The van der Waals surface area contributed by atoms with Gasteiger partial charge < -0.3 is 15.2 Å². The molecule has 4 rings (SSSR count). The minimum atomic E-state index is -0.559. The number of hydrogen-bond acceptors (Lipinski definition) is 4. The second-order valence-electron chi connectivity index (χ2n) is 8.52. The number of carbonyl (C=O) groups is 1. The van der Waals surface area contributed by atoms with Crippen LogP contribution in [0.1, 0.15) is 38.7 Å². The first kappa shape index (κ1) is 19.0. The summed E-state index contributed by atoms with van der Waals surface area (Å²) < 4.78 is 5.70. The van der Waals surface area contributed by atoms with Gasteiger partial charge in [-0.15, -0.1) is 0 Å². The Kier molecular flexibility index (Phi) is 5.08. The summed E-state index contributed by atoms with van der Waals surface area (Å²) in [5, 5.41) is 15.4. The van der Waals surface area contributed by atoms with E-state index < -0.39 is 6.10 Å². The minimum absolute atomic E-state index is 0.154. The van der Waals surface area contributed by atoms with E-state index in [-0.39, 0.29) is 29.3 Å². The molecule has 2 N–H and O–H groups in total. The number of esters is 1. The molecule has 0 radical (unpaired) electrons. The van der Waals surface area contributed by atoms with Crippen LogP contribution in [0.2, 0.25) is 5.02 Å². The van der Waals surface area contributed by atoms with Gasteiger partial charge in [0.25, 0.3) is 0 Å². The highest BCUT2D eigenvalue weighted by molar-refractivity contribution is 6.31. The topological polar surface area (TPSA) is 58.6 Å². The number of allylic oxidation sites excluding steroid dienone is 1. The molecule has 2 aliphatic carbocycles. The second kappa shape index (κ2) is 7.23. The van der Waals surface area contributed by atoms with E-state index in [9.17, 15) is 9.90 Å². The van der Waals surface area contributed by atoms with E-state index in [1.165, 1.54) is 5.57 Å². The number of nitrogens with one attached hydrogen (secondary N) is 1. The van der Waals surface area contributed by atoms with Gasteiger partial charge in [-0.1, -0.05) is 55.3 Å². The summed E-state index contributed by atoms with van der Waals surface area (Å²) in [7, 11) is 0. The fourth-order valence-electron chi connectivity index (χ4n) is 5.30. The number of aliphatic hydroxyl groups excluding tert-OH is 1. The third-order valence-electron chi connectivity index (χ3n) is 7.21. The fraction of sp³-hybridized carbons (Fsp3) is 0.591. The third-order valence-corrected chi connectivity index (χ3v) is 7.58. The highest BCUT2D eigenvalue weighted by atomic mass is 35.5. The lowest BCUT2D eigenvalue weighted by Crippen LogP contribution is -2.54. The zero-order chi connectivity index (χ0) is 19.2. The molecule has 146 valence electrons. The number of ether oxygens (including phenoxy) is 1. The van der Waals surface area contributed by atoms with E-state index in [0.29, 0.717) is 24.0 Å². The minimum Gasteiger partial charge on any atom is -0.461 e. The van der Waals surface area contributed by atoms with Gasteiger partial charge in [0.2, 0.25) is 0 Å². The molecule has 1 saturated carbocycles. The van der Waals surface area contributed by atoms with Crippen molar-refractivity contribution < 1.29 is 14.6 Å². The molecular weight excluding hydrogens is 362 g/mol. The van der Waals surface area contributed by atoms with Crippen LogP contribution in [-0.4, -0.2) is 29.8 Å². The van der Waals surface area contributed by atoms with Gasteiger partial charge in [-0.3, -0.25) is 4.79 Å². The van der Waals surface area contributed by atoms with Gasteiger partial charge in [-0.25, -0.2) is 0 Å². The molecule has 1 saturated heterocycles. The van der Waals surface area contributed by atoms with Gasteiger partial charge in [0.05, 0.1) is 12.0 Å². The van der Waals surface area contributed by atoms with Gasteiger partial charge >= 0.3 is 5.97 Å². The number of carbonyl (C=O) groups excluding carboxylic acids is 1. The summed E-state index contributed by atoms with van der Waals surface area (Å²) in [6.45, 7) is 5.47. The van der Waals surface area contributed by atoms with Crippen molar-refractivity contribution in [2.24, 2.45) is 23.2 Å². The number of halogens is 1. The number of fused-ring (bicyclic) bond motifs is 2. The van der Waals surface area contributed by atoms with Crippen molar-refractivity contribution in [3.8, 4) is 0 Å². The van der Waals surface area contributed by atoms with Crippen molar-refractivity contribution in [3.63, 3.8) is 0 Å². The second-order valence-corrected chi connectivity index (χ2v) is 8.93. The van der Waals surface area contributed by atoms with Crippen LogP contribution in [0.15, 0.2) is 35.9 Å². The highest BCUT2D eigenvalue weighted by Crippen LogP contribution is 2.55. The van der Waals surface area contributed by atoms with Gasteiger partial charge in [0.15, 0.2) is 0 Å². The Morgan fingerprint density at radius 2 is 2.15 bits per heavy atom. The summed E-state index contributed by atoms with van der Waals surface area (Å²) in [5.74, 6) is -0.258. The van der Waals surface area contributed by atoms with Gasteiger partial charge in [0, 0.05) is 35.9 Å². The van der Waals surface area contributed by atoms with Crippen LogP contribution in [0.25, 0.3) is 0 Å². The van der Waals surface area contributed by atoms with Gasteiger partial charge in [0.1, 0.15) is 6.10 Å². The molecule has 3 aliphatic rings. The molecule has 1 aromatic rings. The van der Waals surface area contributed by atoms with Crippen molar-refractivity contribution >= 4 is 17.6 Å². The predicted molar refractivity (Wildman–Crippen MR) is 105 cm³/mol. The zero-order valence-electron chi connectivity index (χ0n) is 16.0. The summed E-state index contributed by atoms with van der Waals surface area (Å²) in [6, 6.07) is 7.69. The molecule has 0 bridgehead atoms. The predicted octanol–water partition coefficient (Wildman–Crippen LogP) is 3.71. The Balaban J connectivity index is 1.50. The van der Waals surface area contributed by atoms with Gasteiger partial charge in [-0.2, -0.15) is 0 Å². The van der Waals surface area contributed by atoms with E-state index in [1.54, 1.807) is 0 Å². The Labute approximate surface area is 165 Å². The molecule has 5 heteroatoms. The van der Waals surface area contributed by atoms with E-state index >= 15 is 0 Å². The SMILES string of the molecule is C[C@@H]1CCC=C2C[C@H]3OC(=O)[C@@H](CNCc4ccccc4Cl)[C@H]3[C@@H](O)[C@@]21C. The molecule has 0 aromatic heterocycles. The lowest BCUT2D eigenvalue weighted by atomic mass is 9.55. The smallest absolute Gasteiger partial charge is 0.311 e. The fourth-order valence-corrected chi connectivity index (χ4v) is 5.50. The molecule has 6 atom stereocenters. The van der Waals surface area contributed by atoms with E-state index in [2.05, 4.69) is 25.2 Å². The van der Waals surface area contributed by atoms with Crippen LogP contribution in [0.5, 0.6) is 0 Å². The largest absolute Gasteiger partial charge is 0.461 e. The van der Waals surface area contributed by atoms with Crippen LogP contribution in [0.3, 0.4) is 0 Å². The quantitative estimate of drug-likeness (QED) is 0.608. The normalized spacial score (nSPS) is 38.0. The van der Waals surface area contributed by atoms with Crippen LogP contribution >= 0.6 is 11.6 Å². The van der Waals surface area contributed by atoms with E-state index in [4.69, 9.17) is 16.3 Å². The van der Waals surface area contributed by atoms with Crippen LogP contribution in [0, 0.1) is 23.2 Å². The lowest BCUT2D eigenvalue weighted by molar-refractivity contribution is -0.144. The molecule has 4 nitrogen and oxygen atoms in total. The Morgan fingerprint density at radius 3 is 2.93 bits per heavy atom. The van der Waals surface area contributed by atoms with Crippen molar-refractivity contribution in [1.29, 1.82) is 0 Å². The molecule has 1 aromatic carbocycles. The standard InChI is InChI=1S/C22H28ClNO3/c1-13-6-5-8-15-10-18-19(20(25)22(13,15)2)16(21(26)27-18)12-24-11-14-7-3-4-9-17(14)23/h3-4,7-9,13,16,18-20,24-25H,5-6,10-12H2,1-2H3/t13-,16+,18-,19-,20-,22-/m1/s1. The van der Waals surface area contributed by atoms with Gasteiger partial charge in [-0.05, 0) is 30.4 Å². The van der Waals surface area contributed by atoms with Crippen LogP contribution in [0.4, 0.5) is 0 Å². The van der Waals surface area contributed by atoms with Crippen molar-refractivity contribution in [1.82, 2.24) is 5.32 Å². The molecule has 1 aliphatic heterocycles. The molecular formula is C22H28ClNO3. The third kappa shape index (κ3) is 3.12.